The van der Waals surface area contributed by atoms with Gasteiger partial charge in [-0.05, 0) is 131 Å². The molecular weight excluding hydrogens is 817 g/mol. The zero-order chi connectivity index (χ0) is 45.0. The minimum Gasteiger partial charge on any atom is -0.496 e. The number of aliphatic hydroxyl groups is 2. The van der Waals surface area contributed by atoms with Crippen LogP contribution < -0.4 is 23.7 Å². The van der Waals surface area contributed by atoms with Gasteiger partial charge in [-0.2, -0.15) is 0 Å². The van der Waals surface area contributed by atoms with Crippen LogP contribution in [0.4, 0.5) is 0 Å². The molecule has 3 aromatic rings. The lowest BCUT2D eigenvalue weighted by Crippen LogP contribution is -2.70. The Morgan fingerprint density at radius 2 is 1.69 bits per heavy atom. The van der Waals surface area contributed by atoms with Crippen molar-refractivity contribution in [3.8, 4) is 34.5 Å². The fourth-order valence-electron chi connectivity index (χ4n) is 10.1. The number of ether oxygens (including phenoxy) is 6. The van der Waals surface area contributed by atoms with Gasteiger partial charge in [0, 0.05) is 43.6 Å². The number of oxime groups is 1. The maximum atomic E-state index is 15.0. The largest absolute Gasteiger partial charge is 0.496 e. The molecule has 2 heterocycles. The average Bonchev–Trinajstić information content (AvgIpc) is 4.04. The van der Waals surface area contributed by atoms with Crippen LogP contribution in [-0.4, -0.2) is 84.2 Å². The second kappa shape index (κ2) is 19.4. The van der Waals surface area contributed by atoms with Crippen LogP contribution in [0.2, 0.25) is 0 Å². The third-order valence-corrected chi connectivity index (χ3v) is 13.0. The first kappa shape index (κ1) is 45.2. The number of carbonyl (C=O) groups is 2. The topological polar surface area (TPSA) is 155 Å². The molecular formula is C51H62N2O11. The number of amides is 1. The van der Waals surface area contributed by atoms with E-state index in [2.05, 4.69) is 12.7 Å². The zero-order valence-electron chi connectivity index (χ0n) is 37.5. The van der Waals surface area contributed by atoms with Crippen molar-refractivity contribution >= 4 is 17.9 Å². The van der Waals surface area contributed by atoms with Gasteiger partial charge in [-0.15, -0.1) is 6.58 Å². The van der Waals surface area contributed by atoms with Crippen molar-refractivity contribution in [1.82, 2.24) is 4.90 Å². The lowest BCUT2D eigenvalue weighted by molar-refractivity contribution is -0.258. The average molecular weight is 879 g/mol. The Morgan fingerprint density at radius 1 is 0.953 bits per heavy atom. The van der Waals surface area contributed by atoms with E-state index in [4.69, 9.17) is 38.4 Å². The van der Waals surface area contributed by atoms with Crippen molar-refractivity contribution in [2.24, 2.45) is 28.8 Å². The number of rotatable bonds is 20. The number of hydrogen-bond acceptors (Lipinski definition) is 12. The summed E-state index contributed by atoms with van der Waals surface area (Å²) in [6, 6.07) is 16.1. The van der Waals surface area contributed by atoms with Gasteiger partial charge in [-0.3, -0.25) is 9.59 Å². The smallest absolute Gasteiger partial charge is 0.239 e. The summed E-state index contributed by atoms with van der Waals surface area (Å²) in [5, 5.41) is 25.0. The highest BCUT2D eigenvalue weighted by molar-refractivity contribution is 6.03. The fraction of sp³-hybridized carbons (Fsp3) is 0.510. The van der Waals surface area contributed by atoms with E-state index in [9.17, 15) is 19.8 Å². The number of unbranched alkanes of at least 4 members (excludes halogenated alkanes) is 2. The zero-order valence-corrected chi connectivity index (χ0v) is 37.5. The molecule has 0 bridgehead atoms. The molecule has 2 aliphatic heterocycles. The minimum atomic E-state index is -1.41. The molecule has 6 unspecified atom stereocenters. The van der Waals surface area contributed by atoms with Gasteiger partial charge >= 0.3 is 0 Å². The van der Waals surface area contributed by atoms with Crippen LogP contribution in [0.15, 0.2) is 84.1 Å². The van der Waals surface area contributed by atoms with Crippen molar-refractivity contribution in [3.63, 3.8) is 0 Å². The van der Waals surface area contributed by atoms with Gasteiger partial charge in [-0.1, -0.05) is 36.2 Å². The molecule has 5 aliphatic rings. The lowest BCUT2D eigenvalue weighted by atomic mass is 9.55. The lowest BCUT2D eigenvalue weighted by Gasteiger charge is -2.60. The highest BCUT2D eigenvalue weighted by Crippen LogP contribution is 2.62. The summed E-state index contributed by atoms with van der Waals surface area (Å²) >= 11 is 0. The van der Waals surface area contributed by atoms with Gasteiger partial charge in [-0.25, -0.2) is 0 Å². The van der Waals surface area contributed by atoms with E-state index in [0.717, 1.165) is 67.2 Å². The van der Waals surface area contributed by atoms with E-state index in [1.807, 2.05) is 62.1 Å². The van der Waals surface area contributed by atoms with E-state index in [0.29, 0.717) is 52.9 Å². The predicted octanol–water partition coefficient (Wildman–Crippen LogP) is 8.90. The van der Waals surface area contributed by atoms with E-state index in [-0.39, 0.29) is 69.2 Å². The second-order valence-electron chi connectivity index (χ2n) is 18.5. The van der Waals surface area contributed by atoms with Gasteiger partial charge < -0.3 is 48.4 Å². The van der Waals surface area contributed by atoms with E-state index >= 15 is 0 Å². The summed E-state index contributed by atoms with van der Waals surface area (Å²) < 4.78 is 38.0. The summed E-state index contributed by atoms with van der Waals surface area (Å²) in [4.78, 5) is 35.2. The quantitative estimate of drug-likeness (QED) is 0.0484. The monoisotopic (exact) mass is 878 g/mol. The van der Waals surface area contributed by atoms with Crippen molar-refractivity contribution < 1.29 is 53.1 Å². The Balaban J connectivity index is 1.33. The summed E-state index contributed by atoms with van der Waals surface area (Å²) in [5.74, 6) is 1.19. The van der Waals surface area contributed by atoms with Crippen LogP contribution in [0.25, 0.3) is 0 Å². The molecule has 13 nitrogen and oxygen atoms in total. The Hall–Kier alpha value is -5.37. The number of hydrogen-bond donors (Lipinski definition) is 2. The molecule has 0 spiro atoms. The minimum absolute atomic E-state index is 0.0221. The van der Waals surface area contributed by atoms with Gasteiger partial charge in [0.15, 0.2) is 17.8 Å². The van der Waals surface area contributed by atoms with Crippen molar-refractivity contribution in [1.29, 1.82) is 0 Å². The van der Waals surface area contributed by atoms with E-state index < -0.39 is 23.3 Å². The van der Waals surface area contributed by atoms with Crippen LogP contribution in [0.5, 0.6) is 34.5 Å². The molecule has 3 aliphatic carbocycles. The van der Waals surface area contributed by atoms with Crippen molar-refractivity contribution in [3.05, 3.63) is 95.6 Å². The first-order valence-corrected chi connectivity index (χ1v) is 22.8. The number of benzene rings is 3. The molecule has 1 amide bonds. The first-order valence-electron chi connectivity index (χ1n) is 22.8. The molecule has 0 aromatic heterocycles. The molecule has 3 aromatic carbocycles. The summed E-state index contributed by atoms with van der Waals surface area (Å²) in [6.07, 6.45) is 11.2. The number of carbonyl (C=O) groups excluding carboxylic acids is 2. The molecule has 2 saturated carbocycles. The molecule has 64 heavy (non-hydrogen) atoms. The van der Waals surface area contributed by atoms with Crippen LogP contribution in [0.1, 0.15) is 106 Å². The van der Waals surface area contributed by atoms with Crippen LogP contribution >= 0.6 is 0 Å². The third kappa shape index (κ3) is 9.39. The first-order chi connectivity index (χ1) is 31.0. The van der Waals surface area contributed by atoms with Crippen LogP contribution in [-0.2, 0) is 20.9 Å². The maximum absolute atomic E-state index is 15.0. The number of allylic oxidation sites excluding steroid dienone is 1. The maximum Gasteiger partial charge on any atom is 0.239 e. The van der Waals surface area contributed by atoms with Gasteiger partial charge in [0.05, 0.1) is 30.9 Å². The second-order valence-corrected chi connectivity index (χ2v) is 18.5. The highest BCUT2D eigenvalue weighted by atomic mass is 16.7. The Morgan fingerprint density at radius 3 is 2.41 bits per heavy atom. The number of fused-ring (bicyclic) bond motifs is 3. The molecule has 6 atom stereocenters. The normalized spacial score (nSPS) is 24.8. The molecule has 0 radical (unpaired) electrons. The Labute approximate surface area is 375 Å². The Kier molecular flexibility index (Phi) is 13.7. The van der Waals surface area contributed by atoms with Crippen LogP contribution in [0.3, 0.4) is 0 Å². The molecule has 8 rings (SSSR count). The third-order valence-electron chi connectivity index (χ3n) is 13.0. The fourth-order valence-corrected chi connectivity index (χ4v) is 10.1. The number of aliphatic hydroxyl groups excluding tert-OH is 2. The number of methoxy groups -OCH3 is 1. The van der Waals surface area contributed by atoms with Gasteiger partial charge in [0.1, 0.15) is 34.6 Å². The SMILES string of the molecule is C=CCOC12Oc3ccc(Oc4ccc(OC)c(C=O)c4)cc3C3C(CCCCO)C(CCCCO)C=C(C(=NOC(C)(C)C)CC1N(Cc1ccc4c(c1)OCO4)C(=O)C1CC1)C32. The molecule has 2 N–H and O–H groups in total. The molecule has 0 saturated heterocycles. The summed E-state index contributed by atoms with van der Waals surface area (Å²) in [7, 11) is 1.52. The highest BCUT2D eigenvalue weighted by Gasteiger charge is 2.66. The molecule has 342 valence electrons. The standard InChI is InChI=1S/C51H62N2O11/c1-6-23-61-51-46(53(49(57)33-14-15-33)29-32-13-18-44-45(24-32)60-31-59-44)28-41(52-64-50(2,3)4)39-26-34(11-7-9-21-54)38(12-8-10-22-55)47(48(39)51)40-27-37(17-20-43(40)63-51)62-36-16-19-42(58-5)35(25-36)30-56/h6,13,16-20,24-27,30,33-34,38,46-48,54-55H,1,7-12,14-15,21-23,28-29,31H2,2-5H3. The van der Waals surface area contributed by atoms with Crippen LogP contribution in [0, 0.1) is 23.7 Å². The van der Waals surface area contributed by atoms with Crippen molar-refractivity contribution in [2.45, 2.75) is 108 Å². The molecule has 2 fully saturated rings. The molecule has 13 heteroatoms. The predicted molar refractivity (Wildman–Crippen MR) is 240 cm³/mol. The van der Waals surface area contributed by atoms with Crippen molar-refractivity contribution in [2.75, 3.05) is 33.7 Å². The van der Waals surface area contributed by atoms with Gasteiger partial charge in [0.2, 0.25) is 18.5 Å². The number of aldehydes is 1. The number of nitrogens with zero attached hydrogens (tertiary/aromatic N) is 2. The van der Waals surface area contributed by atoms with Gasteiger partial charge in [0.25, 0.3) is 0 Å². The van der Waals surface area contributed by atoms with E-state index in [1.165, 1.54) is 7.11 Å². The summed E-state index contributed by atoms with van der Waals surface area (Å²) in [6.45, 7) is 10.7. The Bertz CT molecular complexity index is 2240. The van der Waals surface area contributed by atoms with E-state index in [1.54, 1.807) is 24.3 Å². The summed E-state index contributed by atoms with van der Waals surface area (Å²) in [5.41, 5.74) is 3.23.